The van der Waals surface area contributed by atoms with Crippen LogP contribution in [0.25, 0.3) is 17.1 Å². The summed E-state index contributed by atoms with van der Waals surface area (Å²) in [5, 5.41) is 4.24. The van der Waals surface area contributed by atoms with Gasteiger partial charge >= 0.3 is 16.3 Å². The quantitative estimate of drug-likeness (QED) is 0.614. The molecule has 0 radical (unpaired) electrons. The summed E-state index contributed by atoms with van der Waals surface area (Å²) >= 11 is 0. The van der Waals surface area contributed by atoms with Crippen molar-refractivity contribution in [3.05, 3.63) is 60.3 Å². The van der Waals surface area contributed by atoms with Gasteiger partial charge in [0.1, 0.15) is 0 Å². The van der Waals surface area contributed by atoms with Crippen LogP contribution in [0.5, 0.6) is 5.88 Å². The summed E-state index contributed by atoms with van der Waals surface area (Å²) in [5.74, 6) is -0.0573. The Kier molecular flexibility index (Phi) is 4.92. The Bertz CT molecular complexity index is 1030. The monoisotopic (exact) mass is 397 g/mol. The predicted octanol–water partition coefficient (Wildman–Crippen LogP) is 3.68. The fourth-order valence-electron chi connectivity index (χ4n) is 2.23. The van der Waals surface area contributed by atoms with Crippen LogP contribution in [0.2, 0.25) is 0 Å². The second kappa shape index (κ2) is 7.03. The first-order valence-electron chi connectivity index (χ1n) is 7.81. The predicted molar refractivity (Wildman–Crippen MR) is 91.9 cm³/mol. The molecule has 6 nitrogen and oxygen atoms in total. The number of hydrogen-bond acceptors (Lipinski definition) is 5. The lowest BCUT2D eigenvalue weighted by Gasteiger charge is -2.07. The third-order valence-corrected chi connectivity index (χ3v) is 4.75. The Morgan fingerprint density at radius 1 is 1.11 bits per heavy atom. The van der Waals surface area contributed by atoms with Gasteiger partial charge in [0.25, 0.3) is 0 Å². The third-order valence-electron chi connectivity index (χ3n) is 3.62. The number of hydrogen-bond donors (Lipinski definition) is 0. The average molecular weight is 397 g/mol. The molecule has 2 aromatic heterocycles. The smallest absolute Gasteiger partial charge is 0.361 e. The average Bonchev–Trinajstić information content (AvgIpc) is 3.05. The van der Waals surface area contributed by atoms with Crippen molar-refractivity contribution in [2.45, 2.75) is 13.1 Å². The van der Waals surface area contributed by atoms with Gasteiger partial charge in [0.15, 0.2) is 5.82 Å². The van der Waals surface area contributed by atoms with Crippen LogP contribution < -0.4 is 4.18 Å². The lowest BCUT2D eigenvalue weighted by Crippen LogP contribution is -2.14. The molecule has 27 heavy (non-hydrogen) atoms. The van der Waals surface area contributed by atoms with E-state index in [1.54, 1.807) is 18.2 Å². The van der Waals surface area contributed by atoms with Gasteiger partial charge in [-0.3, -0.25) is 0 Å². The van der Waals surface area contributed by atoms with Gasteiger partial charge in [0.05, 0.1) is 17.0 Å². The minimum atomic E-state index is -4.45. The van der Waals surface area contributed by atoms with Crippen LogP contribution in [0.3, 0.4) is 0 Å². The maximum atomic E-state index is 12.7. The molecule has 10 heteroatoms. The molecule has 0 aliphatic heterocycles. The van der Waals surface area contributed by atoms with E-state index in [0.29, 0.717) is 11.4 Å². The number of rotatable bonds is 5. The summed E-state index contributed by atoms with van der Waals surface area (Å²) in [7, 11) is -3.84. The zero-order valence-corrected chi connectivity index (χ0v) is 14.8. The summed E-state index contributed by atoms with van der Waals surface area (Å²) in [6.45, 7) is 1.42. The first-order valence-corrected chi connectivity index (χ1v) is 9.38. The van der Waals surface area contributed by atoms with Crippen LogP contribution >= 0.6 is 0 Å². The van der Waals surface area contributed by atoms with Crippen molar-refractivity contribution < 1.29 is 25.8 Å². The van der Waals surface area contributed by atoms with Gasteiger partial charge in [-0.1, -0.05) is 18.2 Å². The second-order valence-corrected chi connectivity index (χ2v) is 7.33. The maximum Gasteiger partial charge on any atom is 0.416 e. The molecule has 0 N–H and O–H groups in total. The van der Waals surface area contributed by atoms with Gasteiger partial charge < -0.3 is 4.18 Å². The number of benzene rings is 1. The molecule has 0 aliphatic carbocycles. The summed E-state index contributed by atoms with van der Waals surface area (Å²) in [5.41, 5.74) is -0.174. The van der Waals surface area contributed by atoms with Crippen molar-refractivity contribution in [2.75, 3.05) is 5.75 Å². The van der Waals surface area contributed by atoms with E-state index in [1.165, 1.54) is 36.0 Å². The van der Waals surface area contributed by atoms with Crippen molar-refractivity contribution in [2.24, 2.45) is 0 Å². The lowest BCUT2D eigenvalue weighted by atomic mass is 10.1. The molecule has 2 heterocycles. The van der Waals surface area contributed by atoms with Crippen molar-refractivity contribution in [1.29, 1.82) is 0 Å². The Morgan fingerprint density at radius 3 is 2.37 bits per heavy atom. The fraction of sp³-hybridized carbons (Fsp3) is 0.176. The van der Waals surface area contributed by atoms with E-state index in [2.05, 4.69) is 10.1 Å². The van der Waals surface area contributed by atoms with Crippen LogP contribution in [0, 0.1) is 0 Å². The normalized spacial score (nSPS) is 12.1. The third kappa shape index (κ3) is 4.27. The van der Waals surface area contributed by atoms with Crippen LogP contribution in [-0.4, -0.2) is 28.9 Å². The molecule has 0 bridgehead atoms. The molecule has 0 unspecified atom stereocenters. The SMILES string of the molecule is CCS(=O)(=O)Oc1cc(-c2ccc(C(F)(F)F)cc2)nn1-c1ccccn1. The van der Waals surface area contributed by atoms with Gasteiger partial charge in [-0.05, 0) is 31.2 Å². The molecule has 0 saturated heterocycles. The summed E-state index contributed by atoms with van der Waals surface area (Å²) in [4.78, 5) is 4.10. The first-order chi connectivity index (χ1) is 12.7. The molecule has 0 atom stereocenters. The van der Waals surface area contributed by atoms with E-state index in [1.807, 2.05) is 0 Å². The molecular weight excluding hydrogens is 383 g/mol. The first kappa shape index (κ1) is 18.9. The van der Waals surface area contributed by atoms with Crippen LogP contribution in [0.1, 0.15) is 12.5 Å². The fourth-order valence-corrected chi connectivity index (χ4v) is 2.72. The standard InChI is InChI=1S/C17H14F3N3O3S/c1-2-27(24,25)26-16-11-14(22-23(16)15-5-3-4-10-21-15)12-6-8-13(9-7-12)17(18,19)20/h3-11H,2H2,1H3. The summed E-state index contributed by atoms with van der Waals surface area (Å²) in [6, 6.07) is 10.7. The molecule has 0 spiro atoms. The van der Waals surface area contributed by atoms with Crippen molar-refractivity contribution >= 4 is 10.1 Å². The summed E-state index contributed by atoms with van der Waals surface area (Å²) < 4.78 is 68.1. The molecular formula is C17H14F3N3O3S. The number of nitrogens with zero attached hydrogens (tertiary/aromatic N) is 3. The Morgan fingerprint density at radius 2 is 1.81 bits per heavy atom. The Hall–Kier alpha value is -2.88. The van der Waals surface area contributed by atoms with E-state index >= 15 is 0 Å². The van der Waals surface area contributed by atoms with Crippen molar-refractivity contribution in [3.8, 4) is 23.0 Å². The van der Waals surface area contributed by atoms with Gasteiger partial charge in [-0.2, -0.15) is 31.4 Å². The van der Waals surface area contributed by atoms with Gasteiger partial charge in [-0.15, -0.1) is 0 Å². The Labute approximate surface area is 153 Å². The largest absolute Gasteiger partial charge is 0.416 e. The number of pyridine rings is 1. The molecule has 0 saturated carbocycles. The Balaban J connectivity index is 2.06. The van der Waals surface area contributed by atoms with Gasteiger partial charge in [0, 0.05) is 17.8 Å². The van der Waals surface area contributed by atoms with Crippen molar-refractivity contribution in [1.82, 2.24) is 14.8 Å². The lowest BCUT2D eigenvalue weighted by molar-refractivity contribution is -0.137. The molecule has 0 fully saturated rings. The summed E-state index contributed by atoms with van der Waals surface area (Å²) in [6.07, 6.45) is -2.96. The molecule has 0 amide bonds. The van der Waals surface area contributed by atoms with E-state index in [-0.39, 0.29) is 17.3 Å². The van der Waals surface area contributed by atoms with E-state index in [4.69, 9.17) is 4.18 Å². The molecule has 3 rings (SSSR count). The minimum absolute atomic E-state index is 0.106. The number of alkyl halides is 3. The number of halogens is 3. The van der Waals surface area contributed by atoms with E-state index in [9.17, 15) is 21.6 Å². The van der Waals surface area contributed by atoms with E-state index < -0.39 is 21.9 Å². The molecule has 1 aromatic carbocycles. The highest BCUT2D eigenvalue weighted by molar-refractivity contribution is 7.87. The minimum Gasteiger partial charge on any atom is -0.361 e. The zero-order chi connectivity index (χ0) is 19.7. The highest BCUT2D eigenvalue weighted by Gasteiger charge is 2.30. The highest BCUT2D eigenvalue weighted by Crippen LogP contribution is 2.32. The van der Waals surface area contributed by atoms with Crippen LogP contribution in [-0.2, 0) is 16.3 Å². The molecule has 3 aromatic rings. The number of aromatic nitrogens is 3. The zero-order valence-electron chi connectivity index (χ0n) is 14.0. The molecule has 142 valence electrons. The van der Waals surface area contributed by atoms with E-state index in [0.717, 1.165) is 12.1 Å². The van der Waals surface area contributed by atoms with Gasteiger partial charge in [-0.25, -0.2) is 4.98 Å². The van der Waals surface area contributed by atoms with Gasteiger partial charge in [0.2, 0.25) is 5.88 Å². The van der Waals surface area contributed by atoms with Crippen molar-refractivity contribution in [3.63, 3.8) is 0 Å². The van der Waals surface area contributed by atoms with Crippen LogP contribution in [0.4, 0.5) is 13.2 Å². The maximum absolute atomic E-state index is 12.7. The van der Waals surface area contributed by atoms with Crippen LogP contribution in [0.15, 0.2) is 54.7 Å². The topological polar surface area (TPSA) is 74.1 Å². The molecule has 0 aliphatic rings. The highest BCUT2D eigenvalue weighted by atomic mass is 32.2. The second-order valence-electron chi connectivity index (χ2n) is 5.47.